The lowest BCUT2D eigenvalue weighted by Crippen LogP contribution is -2.29. The van der Waals surface area contributed by atoms with Crippen LogP contribution in [0.3, 0.4) is 0 Å². The normalized spacial score (nSPS) is 14.1. The maximum absolute atomic E-state index is 14.2. The second-order valence-corrected chi connectivity index (χ2v) is 11.5. The molecule has 7 nitrogen and oxygen atoms in total. The van der Waals surface area contributed by atoms with Crippen LogP contribution >= 0.6 is 23.4 Å². The highest BCUT2D eigenvalue weighted by Gasteiger charge is 2.35. The summed E-state index contributed by atoms with van der Waals surface area (Å²) in [5, 5.41) is 9.09. The van der Waals surface area contributed by atoms with E-state index in [9.17, 15) is 9.18 Å². The zero-order valence-electron chi connectivity index (χ0n) is 23.7. The number of thioether (sulfide) groups is 1. The summed E-state index contributed by atoms with van der Waals surface area (Å²) in [4.78, 5) is 18.3. The number of hydrogen-bond donors (Lipinski definition) is 1. The molecule has 4 aromatic carbocycles. The van der Waals surface area contributed by atoms with E-state index in [4.69, 9.17) is 26.2 Å². The largest absolute Gasteiger partial charge is 0.489 e. The Morgan fingerprint density at radius 3 is 2.39 bits per heavy atom. The molecule has 0 fully saturated rings. The monoisotopic (exact) mass is 626 g/mol. The molecule has 1 aliphatic heterocycles. The predicted molar refractivity (Wildman–Crippen MR) is 169 cm³/mol. The molecular formula is C34H28ClFN4O3S. The number of esters is 1. The highest BCUT2D eigenvalue weighted by molar-refractivity contribution is 7.98. The van der Waals surface area contributed by atoms with Crippen LogP contribution in [0, 0.1) is 5.82 Å². The van der Waals surface area contributed by atoms with Crippen LogP contribution in [0.25, 0.3) is 0 Å². The van der Waals surface area contributed by atoms with E-state index in [0.717, 1.165) is 16.7 Å². The lowest BCUT2D eigenvalue weighted by molar-refractivity contribution is -0.140. The number of anilines is 1. The second kappa shape index (κ2) is 13.4. The number of ether oxygens (including phenoxy) is 2. The molecule has 44 heavy (non-hydrogen) atoms. The standard InChI is InChI=1S/C34H28ClFN4O3S/c1-22-30(32(41)43-20-23-7-3-2-4-8-23)31(25-13-17-28(18-14-25)42-19-24-11-15-27(35)16-12-24)40-33(37-22)38-34(39-40)44-21-26-9-5-6-10-29(26)36/h2-18,31H,19-21H2,1H3,(H,37,38,39). The third kappa shape index (κ3) is 6.79. The lowest BCUT2D eigenvalue weighted by Gasteiger charge is -2.28. The maximum Gasteiger partial charge on any atom is 0.338 e. The fourth-order valence-electron chi connectivity index (χ4n) is 4.82. The van der Waals surface area contributed by atoms with Crippen LogP contribution in [0.2, 0.25) is 5.02 Å². The Hall–Kier alpha value is -4.60. The van der Waals surface area contributed by atoms with Crippen molar-refractivity contribution in [1.82, 2.24) is 14.8 Å². The van der Waals surface area contributed by atoms with Crippen LogP contribution in [0.15, 0.2) is 120 Å². The van der Waals surface area contributed by atoms with Gasteiger partial charge in [0.2, 0.25) is 11.1 Å². The summed E-state index contributed by atoms with van der Waals surface area (Å²) >= 11 is 7.31. The number of fused-ring (bicyclic) bond motifs is 1. The number of allylic oxidation sites excluding steroid dienone is 1. The SMILES string of the molecule is CC1=C(C(=O)OCc2ccccc2)C(c2ccc(OCc3ccc(Cl)cc3)cc2)n2nc(SCc3ccccc3F)nc2N1. The van der Waals surface area contributed by atoms with Crippen molar-refractivity contribution < 1.29 is 18.7 Å². The molecule has 10 heteroatoms. The molecule has 0 saturated heterocycles. The van der Waals surface area contributed by atoms with Crippen molar-refractivity contribution >= 4 is 35.3 Å². The molecule has 1 unspecified atom stereocenters. The average Bonchev–Trinajstić information content (AvgIpc) is 3.45. The summed E-state index contributed by atoms with van der Waals surface area (Å²) in [5.41, 5.74) is 4.26. The fraction of sp³-hybridized carbons (Fsp3) is 0.147. The van der Waals surface area contributed by atoms with Gasteiger partial charge in [0.1, 0.15) is 30.8 Å². The summed E-state index contributed by atoms with van der Waals surface area (Å²) in [7, 11) is 0. The first-order valence-corrected chi connectivity index (χ1v) is 15.3. The highest BCUT2D eigenvalue weighted by Crippen LogP contribution is 2.38. The number of hydrogen-bond acceptors (Lipinski definition) is 7. The van der Waals surface area contributed by atoms with Gasteiger partial charge in [-0.1, -0.05) is 96.2 Å². The number of benzene rings is 4. The van der Waals surface area contributed by atoms with Crippen LogP contribution in [0.5, 0.6) is 5.75 Å². The van der Waals surface area contributed by atoms with Gasteiger partial charge in [0.05, 0.1) is 5.57 Å². The summed E-state index contributed by atoms with van der Waals surface area (Å²) in [5.74, 6) is 0.768. The Bertz CT molecular complexity index is 1790. The Morgan fingerprint density at radius 2 is 1.64 bits per heavy atom. The quantitative estimate of drug-likeness (QED) is 0.124. The van der Waals surface area contributed by atoms with E-state index in [0.29, 0.717) is 51.1 Å². The van der Waals surface area contributed by atoms with Crippen LogP contribution in [-0.4, -0.2) is 20.7 Å². The second-order valence-electron chi connectivity index (χ2n) is 10.2. The molecular weight excluding hydrogens is 599 g/mol. The van der Waals surface area contributed by atoms with Gasteiger partial charge >= 0.3 is 5.97 Å². The third-order valence-electron chi connectivity index (χ3n) is 7.10. The first-order valence-electron chi connectivity index (χ1n) is 13.9. The first kappa shape index (κ1) is 29.5. The molecule has 1 aliphatic rings. The van der Waals surface area contributed by atoms with Crippen molar-refractivity contribution in [3.63, 3.8) is 0 Å². The Labute approximate surface area is 263 Å². The number of nitrogens with zero attached hydrogens (tertiary/aromatic N) is 3. The van der Waals surface area contributed by atoms with E-state index < -0.39 is 12.0 Å². The van der Waals surface area contributed by atoms with E-state index in [1.54, 1.807) is 22.9 Å². The van der Waals surface area contributed by atoms with Gasteiger partial charge in [-0.3, -0.25) is 0 Å². The molecule has 1 aromatic heterocycles. The van der Waals surface area contributed by atoms with Gasteiger partial charge in [-0.05, 0) is 59.5 Å². The zero-order valence-corrected chi connectivity index (χ0v) is 25.3. The lowest BCUT2D eigenvalue weighted by atomic mass is 9.95. The van der Waals surface area contributed by atoms with Crippen LogP contribution in [0.1, 0.15) is 35.2 Å². The zero-order chi connectivity index (χ0) is 30.5. The van der Waals surface area contributed by atoms with E-state index in [1.165, 1.54) is 17.8 Å². The smallest absolute Gasteiger partial charge is 0.338 e. The van der Waals surface area contributed by atoms with Crippen LogP contribution in [-0.2, 0) is 28.5 Å². The van der Waals surface area contributed by atoms with Gasteiger partial charge in [0, 0.05) is 16.5 Å². The van der Waals surface area contributed by atoms with Crippen LogP contribution in [0.4, 0.5) is 10.3 Å². The minimum atomic E-state index is -0.616. The van der Waals surface area contributed by atoms with E-state index in [-0.39, 0.29) is 12.4 Å². The van der Waals surface area contributed by atoms with Gasteiger partial charge in [-0.2, -0.15) is 4.98 Å². The summed E-state index contributed by atoms with van der Waals surface area (Å²) in [6, 6.07) is 30.6. The predicted octanol–water partition coefficient (Wildman–Crippen LogP) is 7.97. The molecule has 222 valence electrons. The van der Waals surface area contributed by atoms with Crippen molar-refractivity contribution in [2.45, 2.75) is 37.1 Å². The Balaban J connectivity index is 1.27. The van der Waals surface area contributed by atoms with Crippen molar-refractivity contribution in [3.05, 3.63) is 147 Å². The van der Waals surface area contributed by atoms with Crippen molar-refractivity contribution in [2.75, 3.05) is 5.32 Å². The van der Waals surface area contributed by atoms with Crippen molar-refractivity contribution in [2.24, 2.45) is 0 Å². The van der Waals surface area contributed by atoms with Gasteiger partial charge in [0.25, 0.3) is 0 Å². The molecule has 2 heterocycles. The average molecular weight is 627 g/mol. The molecule has 5 aromatic rings. The molecule has 6 rings (SSSR count). The van der Waals surface area contributed by atoms with E-state index in [2.05, 4.69) is 10.3 Å². The topological polar surface area (TPSA) is 78.3 Å². The molecule has 1 atom stereocenters. The Kier molecular flexibility index (Phi) is 8.95. The number of nitrogens with one attached hydrogen (secondary N) is 1. The maximum atomic E-state index is 14.2. The molecule has 0 radical (unpaired) electrons. The number of aromatic nitrogens is 3. The number of rotatable bonds is 10. The third-order valence-corrected chi connectivity index (χ3v) is 8.23. The first-order chi connectivity index (χ1) is 21.4. The van der Waals surface area contributed by atoms with Crippen LogP contribution < -0.4 is 10.1 Å². The minimum absolute atomic E-state index is 0.134. The van der Waals surface area contributed by atoms with Gasteiger partial charge < -0.3 is 14.8 Å². The molecule has 1 N–H and O–H groups in total. The van der Waals surface area contributed by atoms with Gasteiger partial charge in [-0.25, -0.2) is 13.9 Å². The fourth-order valence-corrected chi connectivity index (χ4v) is 5.76. The van der Waals surface area contributed by atoms with Gasteiger partial charge in [0.15, 0.2) is 0 Å². The van der Waals surface area contributed by atoms with Crippen molar-refractivity contribution in [1.29, 1.82) is 0 Å². The Morgan fingerprint density at radius 1 is 0.932 bits per heavy atom. The van der Waals surface area contributed by atoms with E-state index in [1.807, 2.05) is 85.8 Å². The summed E-state index contributed by atoms with van der Waals surface area (Å²) in [6.45, 7) is 2.34. The molecule has 0 spiro atoms. The summed E-state index contributed by atoms with van der Waals surface area (Å²) < 4.78 is 27.7. The van der Waals surface area contributed by atoms with Gasteiger partial charge in [-0.15, -0.1) is 5.10 Å². The van der Waals surface area contributed by atoms with E-state index >= 15 is 0 Å². The summed E-state index contributed by atoms with van der Waals surface area (Å²) in [6.07, 6.45) is 0. The number of carbonyl (C=O) groups excluding carboxylic acids is 1. The minimum Gasteiger partial charge on any atom is -0.489 e. The number of carbonyl (C=O) groups is 1. The molecule has 0 amide bonds. The molecule has 0 saturated carbocycles. The number of halogens is 2. The van der Waals surface area contributed by atoms with Crippen molar-refractivity contribution in [3.8, 4) is 5.75 Å². The molecule has 0 bridgehead atoms. The highest BCUT2D eigenvalue weighted by atomic mass is 35.5. The molecule has 0 aliphatic carbocycles.